The van der Waals surface area contributed by atoms with Crippen molar-refractivity contribution in [3.8, 4) is 0 Å². The molecule has 0 radical (unpaired) electrons. The highest BCUT2D eigenvalue weighted by atomic mass is 16.6. The minimum Gasteiger partial charge on any atom is -0.470 e. The predicted octanol–water partition coefficient (Wildman–Crippen LogP) is 0.647. The average molecular weight is 346 g/mol. The lowest BCUT2D eigenvalue weighted by Gasteiger charge is -2.42. The van der Waals surface area contributed by atoms with Gasteiger partial charge in [-0.2, -0.15) is 0 Å². The maximum atomic E-state index is 12.3. The Hall–Kier alpha value is -2.16. The van der Waals surface area contributed by atoms with E-state index in [0.29, 0.717) is 26.3 Å². The quantitative estimate of drug-likeness (QED) is 0.812. The Morgan fingerprint density at radius 2 is 2.28 bits per heavy atom. The fourth-order valence-electron chi connectivity index (χ4n) is 3.41. The number of hydrogen-bond donors (Lipinski definition) is 0. The lowest BCUT2D eigenvalue weighted by molar-refractivity contribution is -0.146. The fourth-order valence-corrected chi connectivity index (χ4v) is 3.41. The number of ether oxygens (including phenoxy) is 2. The third kappa shape index (κ3) is 3.33. The van der Waals surface area contributed by atoms with E-state index in [1.54, 1.807) is 29.7 Å². The van der Waals surface area contributed by atoms with Crippen LogP contribution in [-0.2, 0) is 27.9 Å². The molecule has 1 atom stereocenters. The van der Waals surface area contributed by atoms with Crippen LogP contribution in [0.25, 0.3) is 0 Å². The first-order valence-electron chi connectivity index (χ1n) is 8.38. The predicted molar refractivity (Wildman–Crippen MR) is 89.0 cm³/mol. The first-order valence-corrected chi connectivity index (χ1v) is 8.38. The molecule has 0 aliphatic carbocycles. The van der Waals surface area contributed by atoms with Gasteiger partial charge < -0.3 is 23.4 Å². The number of anilines is 1. The summed E-state index contributed by atoms with van der Waals surface area (Å²) in [4.78, 5) is 20.7. The van der Waals surface area contributed by atoms with Crippen LogP contribution in [0.1, 0.15) is 5.82 Å². The molecule has 2 aromatic rings. The number of imidazole rings is 1. The van der Waals surface area contributed by atoms with Gasteiger partial charge in [-0.1, -0.05) is 0 Å². The zero-order valence-electron chi connectivity index (χ0n) is 14.3. The second-order valence-corrected chi connectivity index (χ2v) is 6.65. The third-order valence-electron chi connectivity index (χ3n) is 4.78. The number of rotatable bonds is 3. The fraction of sp³-hybridized carbons (Fsp3) is 0.529. The molecule has 1 spiro atoms. The number of carbonyl (C=O) groups is 1. The zero-order valence-corrected chi connectivity index (χ0v) is 14.3. The lowest BCUT2D eigenvalue weighted by Crippen LogP contribution is -2.60. The number of carbonyl (C=O) groups excluding carboxylic acids is 1. The van der Waals surface area contributed by atoms with E-state index in [0.717, 1.165) is 24.6 Å². The van der Waals surface area contributed by atoms with Gasteiger partial charge in [0, 0.05) is 38.6 Å². The molecular weight excluding hydrogens is 324 g/mol. The van der Waals surface area contributed by atoms with Crippen LogP contribution in [0.15, 0.2) is 35.4 Å². The van der Waals surface area contributed by atoms with Crippen molar-refractivity contribution in [2.24, 2.45) is 7.05 Å². The summed E-state index contributed by atoms with van der Waals surface area (Å²) in [6.45, 7) is 3.80. The van der Waals surface area contributed by atoms with Crippen LogP contribution in [0, 0.1) is 0 Å². The van der Waals surface area contributed by atoms with Gasteiger partial charge in [0.2, 0.25) is 0 Å². The Kier molecular flexibility index (Phi) is 4.32. The van der Waals surface area contributed by atoms with Crippen molar-refractivity contribution >= 4 is 11.6 Å². The molecule has 0 unspecified atom stereocenters. The molecule has 2 aliphatic rings. The highest BCUT2D eigenvalue weighted by Crippen LogP contribution is 2.27. The van der Waals surface area contributed by atoms with Gasteiger partial charge in [-0.15, -0.1) is 0 Å². The number of amides is 1. The summed E-state index contributed by atoms with van der Waals surface area (Å²) in [6, 6.07) is 1.79. The smallest absolute Gasteiger partial charge is 0.253 e. The summed E-state index contributed by atoms with van der Waals surface area (Å²) < 4.78 is 19.0. The summed E-state index contributed by atoms with van der Waals surface area (Å²) in [7, 11) is 1.99. The second-order valence-electron chi connectivity index (χ2n) is 6.65. The second kappa shape index (κ2) is 6.62. The van der Waals surface area contributed by atoms with Gasteiger partial charge in [0.15, 0.2) is 0 Å². The van der Waals surface area contributed by atoms with Crippen LogP contribution in [-0.4, -0.2) is 65.4 Å². The van der Waals surface area contributed by atoms with Gasteiger partial charge in [0.1, 0.15) is 24.3 Å². The monoisotopic (exact) mass is 346 g/mol. The summed E-state index contributed by atoms with van der Waals surface area (Å²) in [5, 5.41) is 0. The largest absolute Gasteiger partial charge is 0.470 e. The topological polar surface area (TPSA) is 73.0 Å². The zero-order chi connectivity index (χ0) is 17.3. The van der Waals surface area contributed by atoms with E-state index in [9.17, 15) is 4.79 Å². The minimum atomic E-state index is -0.549. The number of aryl methyl sites for hydroxylation is 1. The molecule has 1 amide bonds. The number of morpholine rings is 1. The molecule has 4 rings (SSSR count). The number of furan rings is 1. The molecule has 0 aromatic carbocycles. The highest BCUT2D eigenvalue weighted by Gasteiger charge is 2.43. The molecule has 2 saturated heterocycles. The van der Waals surface area contributed by atoms with Gasteiger partial charge in [-0.25, -0.2) is 4.98 Å². The normalized spacial score (nSPS) is 25.5. The number of aromatic nitrogens is 2. The van der Waals surface area contributed by atoms with Gasteiger partial charge in [-0.05, 0) is 0 Å². The molecule has 25 heavy (non-hydrogen) atoms. The maximum absolute atomic E-state index is 12.3. The molecular formula is C17H22N4O4. The van der Waals surface area contributed by atoms with Crippen molar-refractivity contribution in [3.05, 3.63) is 36.8 Å². The van der Waals surface area contributed by atoms with Crippen LogP contribution >= 0.6 is 0 Å². The van der Waals surface area contributed by atoms with E-state index in [1.165, 1.54) is 0 Å². The Bertz CT molecular complexity index is 729. The van der Waals surface area contributed by atoms with Crippen LogP contribution in [0.3, 0.4) is 0 Å². The third-order valence-corrected chi connectivity index (χ3v) is 4.78. The van der Waals surface area contributed by atoms with Crippen LogP contribution in [0.4, 0.5) is 5.69 Å². The van der Waals surface area contributed by atoms with E-state index in [4.69, 9.17) is 13.9 Å². The van der Waals surface area contributed by atoms with E-state index >= 15 is 0 Å². The van der Waals surface area contributed by atoms with Crippen molar-refractivity contribution in [2.75, 3.05) is 44.4 Å². The summed E-state index contributed by atoms with van der Waals surface area (Å²) in [5.74, 6) is 0.933. The Labute approximate surface area is 145 Å². The van der Waals surface area contributed by atoms with Crippen molar-refractivity contribution in [1.82, 2.24) is 14.5 Å². The molecule has 0 saturated carbocycles. The van der Waals surface area contributed by atoms with Gasteiger partial charge in [-0.3, -0.25) is 9.69 Å². The number of hydrogen-bond acceptors (Lipinski definition) is 6. The van der Waals surface area contributed by atoms with Crippen molar-refractivity contribution < 1.29 is 18.7 Å². The molecule has 0 bridgehead atoms. The van der Waals surface area contributed by atoms with Gasteiger partial charge in [0.05, 0.1) is 38.3 Å². The lowest BCUT2D eigenvalue weighted by atomic mass is 10.0. The van der Waals surface area contributed by atoms with Crippen molar-refractivity contribution in [1.29, 1.82) is 0 Å². The minimum absolute atomic E-state index is 0.0464. The average Bonchev–Trinajstić information content (AvgIpc) is 3.22. The van der Waals surface area contributed by atoms with E-state index in [1.807, 2.05) is 17.8 Å². The Balaban J connectivity index is 1.53. The standard InChI is InChI=1S/C17H22N4O4/c1-19-4-3-18-15(19)8-20-5-7-24-13-17(11-20)12-21(16(22)10-25-17)14-2-6-23-9-14/h2-4,6,9H,5,7-8,10-13H2,1H3/t17-/m1/s1. The summed E-state index contributed by atoms with van der Waals surface area (Å²) in [6.07, 6.45) is 6.90. The first-order chi connectivity index (χ1) is 12.2. The summed E-state index contributed by atoms with van der Waals surface area (Å²) >= 11 is 0. The Morgan fingerprint density at radius 1 is 1.36 bits per heavy atom. The Morgan fingerprint density at radius 3 is 3.04 bits per heavy atom. The molecule has 4 heterocycles. The van der Waals surface area contributed by atoms with Crippen LogP contribution < -0.4 is 4.90 Å². The van der Waals surface area contributed by atoms with Crippen LogP contribution in [0.2, 0.25) is 0 Å². The summed E-state index contributed by atoms with van der Waals surface area (Å²) in [5.41, 5.74) is 0.208. The van der Waals surface area contributed by atoms with Gasteiger partial charge in [0.25, 0.3) is 5.91 Å². The van der Waals surface area contributed by atoms with Crippen molar-refractivity contribution in [3.63, 3.8) is 0 Å². The van der Waals surface area contributed by atoms with Crippen molar-refractivity contribution in [2.45, 2.75) is 12.1 Å². The molecule has 2 fully saturated rings. The first kappa shape index (κ1) is 16.3. The molecule has 2 aromatic heterocycles. The van der Waals surface area contributed by atoms with E-state index in [2.05, 4.69) is 9.88 Å². The highest BCUT2D eigenvalue weighted by molar-refractivity contribution is 5.95. The molecule has 8 heteroatoms. The molecule has 134 valence electrons. The van der Waals surface area contributed by atoms with E-state index in [-0.39, 0.29) is 12.5 Å². The maximum Gasteiger partial charge on any atom is 0.253 e. The van der Waals surface area contributed by atoms with Crippen LogP contribution in [0.5, 0.6) is 0 Å². The molecule has 0 N–H and O–H groups in total. The molecule has 2 aliphatic heterocycles. The SMILES string of the molecule is Cn1ccnc1CN1CCOC[C@@]2(C1)CN(c1ccoc1)C(=O)CO2. The van der Waals surface area contributed by atoms with Gasteiger partial charge >= 0.3 is 0 Å². The number of nitrogens with zero attached hydrogens (tertiary/aromatic N) is 4. The van der Waals surface area contributed by atoms with E-state index < -0.39 is 5.60 Å². The molecule has 8 nitrogen and oxygen atoms in total.